The molecule has 1 aromatic rings. The second-order valence-corrected chi connectivity index (χ2v) is 6.66. The van der Waals surface area contributed by atoms with E-state index >= 15 is 0 Å². The predicted octanol–water partition coefficient (Wildman–Crippen LogP) is 3.19. The van der Waals surface area contributed by atoms with Crippen molar-refractivity contribution >= 4 is 18.0 Å². The summed E-state index contributed by atoms with van der Waals surface area (Å²) in [5.74, 6) is 1.04. The van der Waals surface area contributed by atoms with Crippen molar-refractivity contribution in [3.63, 3.8) is 0 Å². The molecule has 25 heavy (non-hydrogen) atoms. The Bertz CT molecular complexity index is 609. The molecule has 1 saturated carbocycles. The first kappa shape index (κ1) is 19.0. The van der Waals surface area contributed by atoms with Crippen molar-refractivity contribution in [2.24, 2.45) is 11.8 Å². The summed E-state index contributed by atoms with van der Waals surface area (Å²) in [6.07, 6.45) is 6.28. The zero-order valence-electron chi connectivity index (χ0n) is 15.2. The Balaban J connectivity index is 1.75. The average molecular weight is 345 g/mol. The molecule has 1 aliphatic rings. The number of rotatable bonds is 6. The molecule has 1 N–H and O–H groups in total. The number of hydrogen-bond donors (Lipinski definition) is 1. The van der Waals surface area contributed by atoms with Crippen LogP contribution in [0.4, 0.5) is 0 Å². The highest BCUT2D eigenvalue weighted by Crippen LogP contribution is 2.29. The van der Waals surface area contributed by atoms with Crippen LogP contribution in [0.1, 0.15) is 38.7 Å². The van der Waals surface area contributed by atoms with Crippen molar-refractivity contribution in [1.29, 1.82) is 0 Å². The first-order chi connectivity index (χ1) is 12.0. The summed E-state index contributed by atoms with van der Waals surface area (Å²) in [7, 11) is 1.60. The number of amides is 1. The van der Waals surface area contributed by atoms with Crippen molar-refractivity contribution in [2.75, 3.05) is 13.7 Å². The van der Waals surface area contributed by atoms with E-state index in [2.05, 4.69) is 19.2 Å². The number of ether oxygens (including phenoxy) is 2. The van der Waals surface area contributed by atoms with Crippen LogP contribution in [0.25, 0.3) is 6.08 Å². The Morgan fingerprint density at radius 1 is 1.20 bits per heavy atom. The molecule has 1 aromatic carbocycles. The van der Waals surface area contributed by atoms with Gasteiger partial charge in [0.25, 0.3) is 5.91 Å². The van der Waals surface area contributed by atoms with E-state index in [9.17, 15) is 9.59 Å². The fourth-order valence-corrected chi connectivity index (χ4v) is 3.10. The third-order valence-corrected chi connectivity index (χ3v) is 4.93. The molecule has 1 aliphatic carbocycles. The van der Waals surface area contributed by atoms with Gasteiger partial charge in [-0.3, -0.25) is 4.79 Å². The fourth-order valence-electron chi connectivity index (χ4n) is 3.10. The van der Waals surface area contributed by atoms with Crippen molar-refractivity contribution in [3.05, 3.63) is 35.9 Å². The molecule has 3 atom stereocenters. The Labute approximate surface area is 149 Å². The smallest absolute Gasteiger partial charge is 0.331 e. The van der Waals surface area contributed by atoms with Gasteiger partial charge >= 0.3 is 5.97 Å². The van der Waals surface area contributed by atoms with Crippen molar-refractivity contribution in [3.8, 4) is 5.75 Å². The molecule has 0 aromatic heterocycles. The number of carbonyl (C=O) groups is 2. The van der Waals surface area contributed by atoms with Crippen molar-refractivity contribution in [1.82, 2.24) is 5.32 Å². The van der Waals surface area contributed by atoms with Crippen LogP contribution in [0.3, 0.4) is 0 Å². The number of esters is 1. The second kappa shape index (κ2) is 9.25. The van der Waals surface area contributed by atoms with Gasteiger partial charge < -0.3 is 14.8 Å². The van der Waals surface area contributed by atoms with E-state index in [0.717, 1.165) is 24.2 Å². The molecule has 0 radical (unpaired) electrons. The second-order valence-electron chi connectivity index (χ2n) is 6.66. The van der Waals surface area contributed by atoms with Crippen LogP contribution in [0.5, 0.6) is 5.75 Å². The molecule has 0 unspecified atom stereocenters. The number of carbonyl (C=O) groups excluding carboxylic acids is 2. The van der Waals surface area contributed by atoms with E-state index in [1.807, 2.05) is 24.3 Å². The summed E-state index contributed by atoms with van der Waals surface area (Å²) in [4.78, 5) is 23.7. The summed E-state index contributed by atoms with van der Waals surface area (Å²) in [6, 6.07) is 7.46. The summed E-state index contributed by atoms with van der Waals surface area (Å²) in [5.41, 5.74) is 0.854. The molecule has 0 aliphatic heterocycles. The van der Waals surface area contributed by atoms with Gasteiger partial charge in [-0.1, -0.05) is 38.8 Å². The van der Waals surface area contributed by atoms with Gasteiger partial charge in [0, 0.05) is 12.1 Å². The first-order valence-corrected chi connectivity index (χ1v) is 8.78. The lowest BCUT2D eigenvalue weighted by Crippen LogP contribution is -2.45. The summed E-state index contributed by atoms with van der Waals surface area (Å²) < 4.78 is 10.1. The monoisotopic (exact) mass is 345 g/mol. The maximum Gasteiger partial charge on any atom is 0.331 e. The molecular weight excluding hydrogens is 318 g/mol. The van der Waals surface area contributed by atoms with Gasteiger partial charge in [0.1, 0.15) is 5.75 Å². The minimum absolute atomic E-state index is 0.171. The molecule has 0 bridgehead atoms. The van der Waals surface area contributed by atoms with Gasteiger partial charge in [0.05, 0.1) is 7.11 Å². The number of benzene rings is 1. The Hall–Kier alpha value is -2.30. The average Bonchev–Trinajstić information content (AvgIpc) is 2.62. The predicted molar refractivity (Wildman–Crippen MR) is 97.1 cm³/mol. The molecule has 0 heterocycles. The van der Waals surface area contributed by atoms with E-state index in [-0.39, 0.29) is 18.6 Å². The third-order valence-electron chi connectivity index (χ3n) is 4.93. The first-order valence-electron chi connectivity index (χ1n) is 8.78. The van der Waals surface area contributed by atoms with Crippen LogP contribution < -0.4 is 10.1 Å². The summed E-state index contributed by atoms with van der Waals surface area (Å²) in [5, 5.41) is 2.99. The maximum absolute atomic E-state index is 12.0. The van der Waals surface area contributed by atoms with Crippen LogP contribution in [0.2, 0.25) is 0 Å². The van der Waals surface area contributed by atoms with Crippen molar-refractivity contribution in [2.45, 2.75) is 39.2 Å². The Morgan fingerprint density at radius 3 is 2.60 bits per heavy atom. The standard InChI is InChI=1S/C20H27NO4/c1-14-5-4-6-18(15(14)2)21-19(22)13-25-20(23)12-9-16-7-10-17(24-3)11-8-16/h7-12,14-15,18H,4-6,13H2,1-3H3,(H,21,22)/b12-9+/t14-,15-,18-/m0/s1. The van der Waals surface area contributed by atoms with Gasteiger partial charge in [-0.05, 0) is 42.0 Å². The van der Waals surface area contributed by atoms with Crippen LogP contribution in [-0.4, -0.2) is 31.6 Å². The number of hydrogen-bond acceptors (Lipinski definition) is 4. The highest BCUT2D eigenvalue weighted by atomic mass is 16.5. The van der Waals surface area contributed by atoms with Crippen LogP contribution >= 0.6 is 0 Å². The highest BCUT2D eigenvalue weighted by Gasteiger charge is 2.28. The van der Waals surface area contributed by atoms with E-state index in [0.29, 0.717) is 11.8 Å². The van der Waals surface area contributed by atoms with E-state index in [4.69, 9.17) is 9.47 Å². The topological polar surface area (TPSA) is 64.6 Å². The molecule has 136 valence electrons. The quantitative estimate of drug-likeness (QED) is 0.635. The zero-order valence-corrected chi connectivity index (χ0v) is 15.2. The van der Waals surface area contributed by atoms with Gasteiger partial charge in [-0.15, -0.1) is 0 Å². The minimum atomic E-state index is -0.531. The van der Waals surface area contributed by atoms with Crippen LogP contribution in [-0.2, 0) is 14.3 Å². The molecule has 0 spiro atoms. The molecule has 0 saturated heterocycles. The number of methoxy groups -OCH3 is 1. The Morgan fingerprint density at radius 2 is 1.92 bits per heavy atom. The molecule has 5 heteroatoms. The SMILES string of the molecule is COc1ccc(/C=C/C(=O)OCC(=O)N[C@H]2CCC[C@H](C)[C@@H]2C)cc1. The molecule has 1 fully saturated rings. The normalized spacial score (nSPS) is 23.2. The number of nitrogens with one attached hydrogen (secondary N) is 1. The maximum atomic E-state index is 12.0. The van der Waals surface area contributed by atoms with Gasteiger partial charge in [0.2, 0.25) is 0 Å². The third kappa shape index (κ3) is 5.93. The summed E-state index contributed by atoms with van der Waals surface area (Å²) >= 11 is 0. The molecular formula is C20H27NO4. The fraction of sp³-hybridized carbons (Fsp3) is 0.500. The van der Waals surface area contributed by atoms with Crippen LogP contribution in [0.15, 0.2) is 30.3 Å². The van der Waals surface area contributed by atoms with Gasteiger partial charge in [-0.25, -0.2) is 4.79 Å². The summed E-state index contributed by atoms with van der Waals surface area (Å²) in [6.45, 7) is 4.13. The minimum Gasteiger partial charge on any atom is -0.497 e. The largest absolute Gasteiger partial charge is 0.497 e. The molecule has 2 rings (SSSR count). The van der Waals surface area contributed by atoms with Gasteiger partial charge in [-0.2, -0.15) is 0 Å². The highest BCUT2D eigenvalue weighted by molar-refractivity contribution is 5.89. The lowest BCUT2D eigenvalue weighted by atomic mass is 9.78. The van der Waals surface area contributed by atoms with Gasteiger partial charge in [0.15, 0.2) is 6.61 Å². The van der Waals surface area contributed by atoms with E-state index in [1.165, 1.54) is 12.5 Å². The van der Waals surface area contributed by atoms with Crippen molar-refractivity contribution < 1.29 is 19.1 Å². The zero-order chi connectivity index (χ0) is 18.2. The lowest BCUT2D eigenvalue weighted by molar-refractivity contribution is -0.144. The molecule has 1 amide bonds. The van der Waals surface area contributed by atoms with E-state index < -0.39 is 5.97 Å². The lowest BCUT2D eigenvalue weighted by Gasteiger charge is -2.34. The van der Waals surface area contributed by atoms with Crippen LogP contribution in [0, 0.1) is 11.8 Å². The molecule has 5 nitrogen and oxygen atoms in total. The van der Waals surface area contributed by atoms with E-state index in [1.54, 1.807) is 13.2 Å². The Kier molecular flexibility index (Phi) is 7.04.